The molecule has 1 aromatic carbocycles. The van der Waals surface area contributed by atoms with Crippen molar-refractivity contribution in [2.45, 2.75) is 26.2 Å². The highest BCUT2D eigenvalue weighted by molar-refractivity contribution is 5.89. The van der Waals surface area contributed by atoms with Gasteiger partial charge < -0.3 is 20.0 Å². The molecule has 3 rings (SSSR count). The Kier molecular flexibility index (Phi) is 5.75. The lowest BCUT2D eigenvalue weighted by Gasteiger charge is -2.24. The first-order valence-corrected chi connectivity index (χ1v) is 9.21. The quantitative estimate of drug-likeness (QED) is 0.894. The van der Waals surface area contributed by atoms with E-state index in [-0.39, 0.29) is 24.4 Å². The van der Waals surface area contributed by atoms with Crippen LogP contribution in [0.25, 0.3) is 0 Å². The zero-order valence-corrected chi connectivity index (χ0v) is 15.2. The van der Waals surface area contributed by atoms with Crippen LogP contribution in [-0.2, 0) is 9.59 Å². The fourth-order valence-electron chi connectivity index (χ4n) is 3.34. The van der Waals surface area contributed by atoms with Gasteiger partial charge in [-0.2, -0.15) is 0 Å². The molecule has 7 nitrogen and oxygen atoms in total. The Morgan fingerprint density at radius 1 is 0.962 bits per heavy atom. The highest BCUT2D eigenvalue weighted by atomic mass is 16.2. The topological polar surface area (TPSA) is 73.0 Å². The van der Waals surface area contributed by atoms with E-state index in [1.54, 1.807) is 14.7 Å². The van der Waals surface area contributed by atoms with Gasteiger partial charge in [-0.3, -0.25) is 9.59 Å². The number of benzene rings is 1. The number of likely N-dealkylation sites (tertiary alicyclic amines) is 1. The maximum absolute atomic E-state index is 12.5. The van der Waals surface area contributed by atoms with Crippen molar-refractivity contribution in [3.8, 4) is 0 Å². The zero-order chi connectivity index (χ0) is 18.5. The van der Waals surface area contributed by atoms with E-state index in [1.165, 1.54) is 0 Å². The van der Waals surface area contributed by atoms with Crippen LogP contribution in [0.4, 0.5) is 10.5 Å². The van der Waals surface area contributed by atoms with Gasteiger partial charge in [0, 0.05) is 44.8 Å². The number of carbonyl (C=O) groups is 3. The minimum Gasteiger partial charge on any atom is -0.339 e. The fourth-order valence-corrected chi connectivity index (χ4v) is 3.34. The average molecular weight is 358 g/mol. The molecule has 2 fully saturated rings. The van der Waals surface area contributed by atoms with Gasteiger partial charge >= 0.3 is 6.03 Å². The number of nitrogens with one attached hydrogen (secondary N) is 1. The number of carbonyl (C=O) groups excluding carboxylic acids is 3. The standard InChI is InChI=1S/C19H26N4O3/c1-15-5-7-16(8-6-15)20-19(26)22-11-3-10-21(12-13-22)18(25)14-23-9-2-4-17(23)24/h5-8H,2-4,9-14H2,1H3,(H,20,26). The number of hydrogen-bond donors (Lipinski definition) is 1. The molecule has 0 unspecified atom stereocenters. The number of hydrogen-bond acceptors (Lipinski definition) is 3. The Morgan fingerprint density at radius 2 is 1.65 bits per heavy atom. The summed E-state index contributed by atoms with van der Waals surface area (Å²) in [6.07, 6.45) is 2.11. The van der Waals surface area contributed by atoms with Gasteiger partial charge in [-0.05, 0) is 31.9 Å². The predicted molar refractivity (Wildman–Crippen MR) is 98.8 cm³/mol. The van der Waals surface area contributed by atoms with Crippen molar-refractivity contribution in [2.24, 2.45) is 0 Å². The molecular weight excluding hydrogens is 332 g/mol. The lowest BCUT2D eigenvalue weighted by atomic mass is 10.2. The lowest BCUT2D eigenvalue weighted by Crippen LogP contribution is -2.43. The largest absolute Gasteiger partial charge is 0.339 e. The molecule has 2 aliphatic heterocycles. The van der Waals surface area contributed by atoms with E-state index in [0.717, 1.165) is 24.1 Å². The van der Waals surface area contributed by atoms with E-state index in [2.05, 4.69) is 5.32 Å². The SMILES string of the molecule is Cc1ccc(NC(=O)N2CCCN(C(=O)CN3CCCC3=O)CC2)cc1. The molecule has 1 N–H and O–H groups in total. The van der Waals surface area contributed by atoms with Gasteiger partial charge in [0.2, 0.25) is 11.8 Å². The second-order valence-corrected chi connectivity index (χ2v) is 6.94. The zero-order valence-electron chi connectivity index (χ0n) is 15.2. The van der Waals surface area contributed by atoms with Crippen molar-refractivity contribution in [1.29, 1.82) is 0 Å². The molecule has 2 aliphatic rings. The third-order valence-electron chi connectivity index (χ3n) is 4.94. The second-order valence-electron chi connectivity index (χ2n) is 6.94. The van der Waals surface area contributed by atoms with Crippen LogP contribution in [0.2, 0.25) is 0 Å². The van der Waals surface area contributed by atoms with Gasteiger partial charge in [-0.15, -0.1) is 0 Å². The molecule has 7 heteroatoms. The Bertz CT molecular complexity index is 674. The van der Waals surface area contributed by atoms with Crippen molar-refractivity contribution in [3.05, 3.63) is 29.8 Å². The van der Waals surface area contributed by atoms with Gasteiger partial charge in [0.15, 0.2) is 0 Å². The minimum atomic E-state index is -0.141. The summed E-state index contributed by atoms with van der Waals surface area (Å²) in [7, 11) is 0. The summed E-state index contributed by atoms with van der Waals surface area (Å²) in [5.41, 5.74) is 1.91. The van der Waals surface area contributed by atoms with Gasteiger partial charge in [0.25, 0.3) is 0 Å². The maximum atomic E-state index is 12.5. The van der Waals surface area contributed by atoms with Crippen LogP contribution in [0.5, 0.6) is 0 Å². The monoisotopic (exact) mass is 358 g/mol. The van der Waals surface area contributed by atoms with E-state index in [1.807, 2.05) is 31.2 Å². The summed E-state index contributed by atoms with van der Waals surface area (Å²) in [4.78, 5) is 41.8. The van der Waals surface area contributed by atoms with E-state index < -0.39 is 0 Å². The molecule has 0 bridgehead atoms. The highest BCUT2D eigenvalue weighted by Gasteiger charge is 2.27. The number of rotatable bonds is 3. The molecule has 0 aliphatic carbocycles. The molecule has 0 radical (unpaired) electrons. The summed E-state index contributed by atoms with van der Waals surface area (Å²) in [5, 5.41) is 2.91. The molecular formula is C19H26N4O3. The second kappa shape index (κ2) is 8.21. The minimum absolute atomic E-state index is 0.0268. The average Bonchev–Trinajstić information content (AvgIpc) is 2.87. The highest BCUT2D eigenvalue weighted by Crippen LogP contribution is 2.13. The van der Waals surface area contributed by atoms with E-state index in [0.29, 0.717) is 39.1 Å². The van der Waals surface area contributed by atoms with Crippen LogP contribution in [0.15, 0.2) is 24.3 Å². The molecule has 0 saturated carbocycles. The normalized spacial score (nSPS) is 18.0. The first-order chi connectivity index (χ1) is 12.5. The van der Waals surface area contributed by atoms with Crippen LogP contribution in [-0.4, -0.2) is 71.8 Å². The molecule has 140 valence electrons. The first-order valence-electron chi connectivity index (χ1n) is 9.21. The van der Waals surface area contributed by atoms with Gasteiger partial charge in [-0.1, -0.05) is 17.7 Å². The molecule has 0 spiro atoms. The number of nitrogens with zero attached hydrogens (tertiary/aromatic N) is 3. The molecule has 2 heterocycles. The maximum Gasteiger partial charge on any atom is 0.321 e. The van der Waals surface area contributed by atoms with Crippen molar-refractivity contribution in [3.63, 3.8) is 0 Å². The van der Waals surface area contributed by atoms with Crippen molar-refractivity contribution in [2.75, 3.05) is 44.6 Å². The van der Waals surface area contributed by atoms with Gasteiger partial charge in [-0.25, -0.2) is 4.79 Å². The summed E-state index contributed by atoms with van der Waals surface area (Å²) in [6.45, 7) is 5.07. The summed E-state index contributed by atoms with van der Waals surface area (Å²) in [6, 6.07) is 7.54. The first kappa shape index (κ1) is 18.2. The van der Waals surface area contributed by atoms with Crippen molar-refractivity contribution < 1.29 is 14.4 Å². The molecule has 26 heavy (non-hydrogen) atoms. The third kappa shape index (κ3) is 4.53. The third-order valence-corrected chi connectivity index (χ3v) is 4.94. The van der Waals surface area contributed by atoms with Crippen molar-refractivity contribution in [1.82, 2.24) is 14.7 Å². The van der Waals surface area contributed by atoms with Crippen LogP contribution < -0.4 is 5.32 Å². The van der Waals surface area contributed by atoms with Crippen molar-refractivity contribution >= 4 is 23.5 Å². The Labute approximate surface area is 153 Å². The van der Waals surface area contributed by atoms with E-state index in [4.69, 9.17) is 0 Å². The van der Waals surface area contributed by atoms with Gasteiger partial charge in [0.1, 0.15) is 0 Å². The van der Waals surface area contributed by atoms with Crippen LogP contribution in [0.3, 0.4) is 0 Å². The van der Waals surface area contributed by atoms with Crippen LogP contribution in [0, 0.1) is 6.92 Å². The fraction of sp³-hybridized carbons (Fsp3) is 0.526. The molecule has 2 saturated heterocycles. The number of urea groups is 1. The smallest absolute Gasteiger partial charge is 0.321 e. The Balaban J connectivity index is 1.50. The molecule has 1 aromatic rings. The number of aryl methyl sites for hydroxylation is 1. The number of anilines is 1. The summed E-state index contributed by atoms with van der Waals surface area (Å²) in [5.74, 6) is 0.0355. The van der Waals surface area contributed by atoms with Crippen LogP contribution >= 0.6 is 0 Å². The summed E-state index contributed by atoms with van der Waals surface area (Å²) >= 11 is 0. The molecule has 4 amide bonds. The summed E-state index contributed by atoms with van der Waals surface area (Å²) < 4.78 is 0. The Hall–Kier alpha value is -2.57. The van der Waals surface area contributed by atoms with E-state index in [9.17, 15) is 14.4 Å². The molecule has 0 aromatic heterocycles. The predicted octanol–water partition coefficient (Wildman–Crippen LogP) is 1.68. The molecule has 0 atom stereocenters. The lowest BCUT2D eigenvalue weighted by molar-refractivity contribution is -0.138. The number of amides is 4. The van der Waals surface area contributed by atoms with Gasteiger partial charge in [0.05, 0.1) is 6.54 Å². The van der Waals surface area contributed by atoms with E-state index >= 15 is 0 Å². The Morgan fingerprint density at radius 3 is 2.35 bits per heavy atom. The van der Waals surface area contributed by atoms with Crippen LogP contribution in [0.1, 0.15) is 24.8 Å².